The summed E-state index contributed by atoms with van der Waals surface area (Å²) >= 11 is 0. The molecule has 1 aromatic heterocycles. The van der Waals surface area contributed by atoms with E-state index >= 15 is 4.39 Å². The number of carbonyl (C=O) groups is 3. The van der Waals surface area contributed by atoms with Crippen molar-refractivity contribution in [1.82, 2.24) is 39.9 Å². The molecule has 0 bridgehead atoms. The Kier molecular flexibility index (Phi) is 10.6. The molecule has 13 nitrogen and oxygen atoms in total. The number of urea groups is 1. The van der Waals surface area contributed by atoms with Gasteiger partial charge in [0.2, 0.25) is 11.8 Å². The molecule has 0 radical (unpaired) electrons. The Hall–Kier alpha value is -5.05. The lowest BCUT2D eigenvalue weighted by molar-refractivity contribution is -0.189. The number of amides is 4. The summed E-state index contributed by atoms with van der Waals surface area (Å²) in [5.41, 5.74) is 1.74. The highest BCUT2D eigenvalue weighted by Crippen LogP contribution is 2.31. The van der Waals surface area contributed by atoms with Gasteiger partial charge in [-0.2, -0.15) is 0 Å². The largest absolute Gasteiger partial charge is 0.508 e. The summed E-state index contributed by atoms with van der Waals surface area (Å²) in [6.07, 6.45) is 0.591. The average molecular weight is 726 g/mol. The van der Waals surface area contributed by atoms with Gasteiger partial charge in [-0.3, -0.25) is 14.5 Å². The van der Waals surface area contributed by atoms with Gasteiger partial charge in [-0.1, -0.05) is 48.5 Å². The molecule has 4 saturated heterocycles. The van der Waals surface area contributed by atoms with Crippen molar-refractivity contribution in [2.75, 3.05) is 64.3 Å². The fourth-order valence-electron chi connectivity index (χ4n) is 8.08. The molecule has 4 fully saturated rings. The Balaban J connectivity index is 1.15. The number of nitrogens with one attached hydrogen (secondary N) is 1. The first-order valence-corrected chi connectivity index (χ1v) is 18.3. The number of hydrogen-bond donors (Lipinski definition) is 2. The van der Waals surface area contributed by atoms with E-state index in [0.29, 0.717) is 17.8 Å². The maximum absolute atomic E-state index is 15.2. The van der Waals surface area contributed by atoms with Crippen molar-refractivity contribution in [2.45, 2.75) is 50.7 Å². The summed E-state index contributed by atoms with van der Waals surface area (Å²) < 4.78 is 15.2. The minimum Gasteiger partial charge on any atom is -0.508 e. The van der Waals surface area contributed by atoms with Crippen LogP contribution >= 0.6 is 0 Å². The van der Waals surface area contributed by atoms with Crippen LogP contribution in [0.4, 0.5) is 15.0 Å². The van der Waals surface area contributed by atoms with Crippen LogP contribution in [0.3, 0.4) is 0 Å². The van der Waals surface area contributed by atoms with E-state index in [4.69, 9.17) is 4.98 Å². The fourth-order valence-corrected chi connectivity index (χ4v) is 8.08. The van der Waals surface area contributed by atoms with E-state index in [1.165, 1.54) is 22.0 Å². The van der Waals surface area contributed by atoms with Crippen molar-refractivity contribution >= 4 is 23.7 Å². The number of hydrazine groups is 1. The van der Waals surface area contributed by atoms with Gasteiger partial charge in [-0.25, -0.2) is 24.2 Å². The number of aromatic hydroxyl groups is 1. The lowest BCUT2D eigenvalue weighted by Crippen LogP contribution is -2.76. The lowest BCUT2D eigenvalue weighted by Gasteiger charge is -2.55. The molecule has 4 amide bonds. The van der Waals surface area contributed by atoms with E-state index in [9.17, 15) is 19.5 Å². The molecule has 3 atom stereocenters. The van der Waals surface area contributed by atoms with Crippen molar-refractivity contribution in [1.29, 1.82) is 0 Å². The molecule has 4 aliphatic rings. The van der Waals surface area contributed by atoms with E-state index < -0.39 is 24.1 Å². The predicted octanol–water partition coefficient (Wildman–Crippen LogP) is 2.49. The van der Waals surface area contributed by atoms with Crippen LogP contribution in [0.15, 0.2) is 79.4 Å². The quantitative estimate of drug-likeness (QED) is 0.304. The minimum atomic E-state index is -1.11. The van der Waals surface area contributed by atoms with Crippen LogP contribution in [0.5, 0.6) is 5.75 Å². The number of halogens is 1. The second-order valence-electron chi connectivity index (χ2n) is 14.5. The number of anilines is 1. The second-order valence-corrected chi connectivity index (χ2v) is 14.5. The highest BCUT2D eigenvalue weighted by molar-refractivity contribution is 5.91. The zero-order chi connectivity index (χ0) is 37.2. The molecule has 53 heavy (non-hydrogen) atoms. The number of aromatic nitrogens is 1. The number of hydrogen-bond acceptors (Lipinski definition) is 9. The van der Waals surface area contributed by atoms with Gasteiger partial charge in [0.25, 0.3) is 0 Å². The Morgan fingerprint density at radius 2 is 1.83 bits per heavy atom. The number of piperazine rings is 2. The van der Waals surface area contributed by atoms with Gasteiger partial charge < -0.3 is 30.0 Å². The first-order valence-electron chi connectivity index (χ1n) is 18.3. The first-order chi connectivity index (χ1) is 25.6. The zero-order valence-electron chi connectivity index (χ0n) is 30.4. The van der Waals surface area contributed by atoms with Crippen LogP contribution in [-0.4, -0.2) is 141 Å². The topological polar surface area (TPSA) is 119 Å². The molecule has 2 aromatic carbocycles. The third-order valence-electron chi connectivity index (χ3n) is 10.8. The van der Waals surface area contributed by atoms with Crippen LogP contribution in [0.25, 0.3) is 0 Å². The molecule has 3 aromatic rings. The third-order valence-corrected chi connectivity index (χ3v) is 10.8. The molecule has 2 N–H and O–H groups in total. The van der Waals surface area contributed by atoms with Crippen LogP contribution in [-0.2, 0) is 29.1 Å². The van der Waals surface area contributed by atoms with E-state index in [1.807, 2.05) is 48.5 Å². The van der Waals surface area contributed by atoms with Crippen molar-refractivity contribution < 1.29 is 23.9 Å². The number of carbonyl (C=O) groups excluding carboxylic acids is 3. The molecule has 5 heterocycles. The van der Waals surface area contributed by atoms with Gasteiger partial charge in [0, 0.05) is 70.4 Å². The van der Waals surface area contributed by atoms with Gasteiger partial charge in [0.05, 0.1) is 25.3 Å². The second kappa shape index (κ2) is 15.5. The molecular formula is C39H48FN9O4. The van der Waals surface area contributed by atoms with Crippen LogP contribution < -0.4 is 10.2 Å². The van der Waals surface area contributed by atoms with E-state index in [2.05, 4.69) is 40.6 Å². The Morgan fingerprint density at radius 1 is 1.04 bits per heavy atom. The summed E-state index contributed by atoms with van der Waals surface area (Å²) in [7, 11) is 2.16. The molecule has 2 unspecified atom stereocenters. The maximum Gasteiger partial charge on any atom is 0.334 e. The van der Waals surface area contributed by atoms with Crippen LogP contribution in [0, 0.1) is 5.82 Å². The molecule has 0 saturated carbocycles. The Morgan fingerprint density at radius 3 is 2.57 bits per heavy atom. The third kappa shape index (κ3) is 7.71. The SMILES string of the molecule is C=CCN1CC(=O)N2C(Cc3ccc(O)cc3F)C(=O)N(Cc3cccc(N4CC(N5CCN(C)C[C@@H]5C)C4)n3)CC2N1C(=O)NCc1ccccc1. The Labute approximate surface area is 309 Å². The number of phenolic OH excluding ortho intramolecular Hbond substituents is 1. The highest BCUT2D eigenvalue weighted by Gasteiger charge is 2.51. The summed E-state index contributed by atoms with van der Waals surface area (Å²) in [4.78, 5) is 57.6. The number of fused-ring (bicyclic) bond motifs is 1. The standard InChI is InChI=1S/C39H48FN9O4/c1-4-15-46-26-37(51)48-34(18-29-13-14-32(50)19-33(29)40)38(52)45(25-36(48)49(46)39(53)41-20-28-9-6-5-7-10-28)22-30-11-8-12-35(42-30)44-23-31(24-44)47-17-16-43(3)21-27(47)2/h4-14,19,27,31,34,36,50H,1,15-18,20-26H2,2-3H3,(H,41,53)/t27-,34?,36?/m0/s1. The summed E-state index contributed by atoms with van der Waals surface area (Å²) in [5.74, 6) is -0.822. The number of nitrogens with zero attached hydrogens (tertiary/aromatic N) is 8. The predicted molar refractivity (Wildman–Crippen MR) is 198 cm³/mol. The molecule has 0 spiro atoms. The highest BCUT2D eigenvalue weighted by atomic mass is 19.1. The molecule has 7 rings (SSSR count). The van der Waals surface area contributed by atoms with Crippen molar-refractivity contribution in [3.63, 3.8) is 0 Å². The maximum atomic E-state index is 15.2. The summed E-state index contributed by atoms with van der Waals surface area (Å²) in [6.45, 7) is 11.5. The van der Waals surface area contributed by atoms with Crippen LogP contribution in [0.2, 0.25) is 0 Å². The van der Waals surface area contributed by atoms with Gasteiger partial charge in [-0.05, 0) is 43.3 Å². The number of likely N-dealkylation sites (N-methyl/N-ethyl adjacent to an activating group) is 1. The lowest BCUT2D eigenvalue weighted by atomic mass is 9.98. The molecule has 4 aliphatic heterocycles. The normalized spacial score (nSPS) is 23.2. The summed E-state index contributed by atoms with van der Waals surface area (Å²) in [6, 6.07) is 18.5. The van der Waals surface area contributed by atoms with E-state index in [0.717, 1.165) is 50.2 Å². The van der Waals surface area contributed by atoms with Gasteiger partial charge in [0.1, 0.15) is 29.6 Å². The number of pyridine rings is 1. The number of benzene rings is 2. The Bertz CT molecular complexity index is 1830. The van der Waals surface area contributed by atoms with E-state index in [-0.39, 0.29) is 62.3 Å². The minimum absolute atomic E-state index is 0.0184. The first kappa shape index (κ1) is 36.3. The molecule has 280 valence electrons. The zero-order valence-corrected chi connectivity index (χ0v) is 30.4. The molecular weight excluding hydrogens is 677 g/mol. The van der Waals surface area contributed by atoms with Crippen molar-refractivity contribution in [3.05, 3.63) is 102 Å². The number of phenols is 1. The van der Waals surface area contributed by atoms with Crippen LogP contribution in [0.1, 0.15) is 23.7 Å². The van der Waals surface area contributed by atoms with Crippen molar-refractivity contribution in [3.8, 4) is 5.75 Å². The van der Waals surface area contributed by atoms with Crippen molar-refractivity contribution in [2.24, 2.45) is 0 Å². The van der Waals surface area contributed by atoms with Gasteiger partial charge in [-0.15, -0.1) is 6.58 Å². The number of rotatable bonds is 10. The summed E-state index contributed by atoms with van der Waals surface area (Å²) in [5, 5.41) is 16.0. The monoisotopic (exact) mass is 725 g/mol. The smallest absolute Gasteiger partial charge is 0.334 e. The molecule has 0 aliphatic carbocycles. The van der Waals surface area contributed by atoms with Gasteiger partial charge >= 0.3 is 6.03 Å². The molecule has 14 heteroatoms. The average Bonchev–Trinajstić information content (AvgIpc) is 3.11. The van der Waals surface area contributed by atoms with E-state index in [1.54, 1.807) is 16.0 Å². The fraction of sp³-hybridized carbons (Fsp3) is 0.436. The van der Waals surface area contributed by atoms with Gasteiger partial charge in [0.15, 0.2) is 0 Å².